The van der Waals surface area contributed by atoms with Crippen LogP contribution in [0.1, 0.15) is 24.5 Å². The summed E-state index contributed by atoms with van der Waals surface area (Å²) < 4.78 is 13.5. The first kappa shape index (κ1) is 13.7. The summed E-state index contributed by atoms with van der Waals surface area (Å²) in [5.41, 5.74) is 0.737. The molecule has 0 aliphatic heterocycles. The van der Waals surface area contributed by atoms with Crippen LogP contribution in [0.15, 0.2) is 60.8 Å². The van der Waals surface area contributed by atoms with E-state index in [4.69, 9.17) is 0 Å². The van der Waals surface area contributed by atoms with Crippen molar-refractivity contribution in [3.63, 3.8) is 0 Å². The van der Waals surface area contributed by atoms with Crippen LogP contribution >= 0.6 is 0 Å². The maximum Gasteiger partial charge on any atom is 0.123 e. The van der Waals surface area contributed by atoms with Crippen molar-refractivity contribution in [1.29, 1.82) is 0 Å². The first-order chi connectivity index (χ1) is 10.1. The summed E-state index contributed by atoms with van der Waals surface area (Å²) in [6, 6.07) is 15.6. The lowest BCUT2D eigenvalue weighted by Crippen LogP contribution is -2.27. The van der Waals surface area contributed by atoms with E-state index in [1.165, 1.54) is 12.1 Å². The zero-order valence-corrected chi connectivity index (χ0v) is 11.8. The minimum absolute atomic E-state index is 0.354. The Balaban J connectivity index is 2.27. The monoisotopic (exact) mass is 281 g/mol. The Labute approximate surface area is 122 Å². The van der Waals surface area contributed by atoms with Crippen molar-refractivity contribution < 1.29 is 9.50 Å². The number of hydrogen-bond acceptors (Lipinski definition) is 2. The Morgan fingerprint density at radius 3 is 2.62 bits per heavy atom. The minimum atomic E-state index is -1.25. The lowest BCUT2D eigenvalue weighted by molar-refractivity contribution is 0.0775. The van der Waals surface area contributed by atoms with E-state index in [0.717, 1.165) is 10.9 Å². The molecule has 1 heterocycles. The molecule has 2 aromatic carbocycles. The summed E-state index contributed by atoms with van der Waals surface area (Å²) in [6.07, 6.45) is 2.14. The highest BCUT2D eigenvalue weighted by atomic mass is 19.1. The lowest BCUT2D eigenvalue weighted by Gasteiger charge is -2.29. The Kier molecular flexibility index (Phi) is 3.43. The SMILES string of the molecule is CCC(O)(c1cccc(F)c1)c1cccc2cccnc12. The maximum atomic E-state index is 13.5. The molecule has 1 N–H and O–H groups in total. The normalized spacial score (nSPS) is 14.0. The van der Waals surface area contributed by atoms with Crippen molar-refractivity contribution in [3.8, 4) is 0 Å². The highest BCUT2D eigenvalue weighted by Crippen LogP contribution is 2.36. The molecule has 1 aromatic heterocycles. The fourth-order valence-electron chi connectivity index (χ4n) is 2.73. The zero-order chi connectivity index (χ0) is 14.9. The van der Waals surface area contributed by atoms with Gasteiger partial charge in [-0.1, -0.05) is 43.3 Å². The number of pyridine rings is 1. The molecule has 0 amide bonds. The van der Waals surface area contributed by atoms with E-state index in [9.17, 15) is 9.50 Å². The van der Waals surface area contributed by atoms with Gasteiger partial charge >= 0.3 is 0 Å². The third-order valence-electron chi connectivity index (χ3n) is 3.89. The van der Waals surface area contributed by atoms with Crippen LogP contribution in [0.3, 0.4) is 0 Å². The summed E-state index contributed by atoms with van der Waals surface area (Å²) in [6.45, 7) is 1.88. The van der Waals surface area contributed by atoms with Gasteiger partial charge in [0, 0.05) is 17.1 Å². The predicted molar refractivity (Wildman–Crippen MR) is 81.4 cm³/mol. The molecular formula is C18H16FNO. The number of para-hydroxylation sites is 1. The molecule has 0 aliphatic rings. The number of aromatic nitrogens is 1. The largest absolute Gasteiger partial charge is 0.380 e. The fourth-order valence-corrected chi connectivity index (χ4v) is 2.73. The topological polar surface area (TPSA) is 33.1 Å². The van der Waals surface area contributed by atoms with Gasteiger partial charge in [-0.15, -0.1) is 0 Å². The molecule has 106 valence electrons. The standard InChI is InChI=1S/C18H16FNO/c1-2-18(21,14-8-4-9-15(19)12-14)16-10-3-6-13-7-5-11-20-17(13)16/h3-12,21H,2H2,1H3. The van der Waals surface area contributed by atoms with Gasteiger partial charge in [-0.25, -0.2) is 4.39 Å². The van der Waals surface area contributed by atoms with Crippen LogP contribution in [0.5, 0.6) is 0 Å². The smallest absolute Gasteiger partial charge is 0.123 e. The number of fused-ring (bicyclic) bond motifs is 1. The van der Waals surface area contributed by atoms with Gasteiger partial charge in [0.25, 0.3) is 0 Å². The molecule has 21 heavy (non-hydrogen) atoms. The summed E-state index contributed by atoms with van der Waals surface area (Å²) in [5.74, 6) is -0.354. The molecular weight excluding hydrogens is 265 g/mol. The van der Waals surface area contributed by atoms with Crippen LogP contribution in [0.25, 0.3) is 10.9 Å². The highest BCUT2D eigenvalue weighted by molar-refractivity contribution is 5.83. The predicted octanol–water partition coefficient (Wildman–Crippen LogP) is 4.02. The number of rotatable bonds is 3. The molecule has 3 rings (SSSR count). The van der Waals surface area contributed by atoms with E-state index in [-0.39, 0.29) is 5.82 Å². The quantitative estimate of drug-likeness (QED) is 0.786. The van der Waals surface area contributed by atoms with Crippen molar-refractivity contribution in [3.05, 3.63) is 77.7 Å². The molecule has 1 unspecified atom stereocenters. The Hall–Kier alpha value is -2.26. The molecule has 2 nitrogen and oxygen atoms in total. The van der Waals surface area contributed by atoms with Gasteiger partial charge in [-0.05, 0) is 30.2 Å². The summed E-state index contributed by atoms with van der Waals surface area (Å²) in [7, 11) is 0. The number of aliphatic hydroxyl groups is 1. The van der Waals surface area contributed by atoms with Gasteiger partial charge in [0.2, 0.25) is 0 Å². The van der Waals surface area contributed by atoms with E-state index in [1.807, 2.05) is 37.3 Å². The van der Waals surface area contributed by atoms with Crippen molar-refractivity contribution in [2.75, 3.05) is 0 Å². The zero-order valence-electron chi connectivity index (χ0n) is 11.8. The molecule has 0 fully saturated rings. The lowest BCUT2D eigenvalue weighted by atomic mass is 9.83. The van der Waals surface area contributed by atoms with Crippen molar-refractivity contribution in [1.82, 2.24) is 4.98 Å². The number of benzene rings is 2. The van der Waals surface area contributed by atoms with Gasteiger partial charge in [0.15, 0.2) is 0 Å². The summed E-state index contributed by atoms with van der Waals surface area (Å²) >= 11 is 0. The van der Waals surface area contributed by atoms with Gasteiger partial charge in [0.1, 0.15) is 11.4 Å². The molecule has 0 saturated carbocycles. The third kappa shape index (κ3) is 2.30. The maximum absolute atomic E-state index is 13.5. The summed E-state index contributed by atoms with van der Waals surface area (Å²) in [4.78, 5) is 4.39. The first-order valence-corrected chi connectivity index (χ1v) is 6.98. The van der Waals surface area contributed by atoms with Crippen LogP contribution in [-0.4, -0.2) is 10.1 Å². The van der Waals surface area contributed by atoms with Crippen molar-refractivity contribution in [2.24, 2.45) is 0 Å². The first-order valence-electron chi connectivity index (χ1n) is 6.98. The fraction of sp³-hybridized carbons (Fsp3) is 0.167. The van der Waals surface area contributed by atoms with E-state index in [1.54, 1.807) is 18.3 Å². The second-order valence-electron chi connectivity index (χ2n) is 5.10. The van der Waals surface area contributed by atoms with Gasteiger partial charge in [0.05, 0.1) is 5.52 Å². The van der Waals surface area contributed by atoms with E-state index >= 15 is 0 Å². The molecule has 0 bridgehead atoms. The van der Waals surface area contributed by atoms with E-state index in [0.29, 0.717) is 17.5 Å². The number of nitrogens with zero attached hydrogens (tertiary/aromatic N) is 1. The molecule has 0 radical (unpaired) electrons. The number of halogens is 1. The Morgan fingerprint density at radius 1 is 1.10 bits per heavy atom. The molecule has 3 aromatic rings. The molecule has 0 saturated heterocycles. The van der Waals surface area contributed by atoms with Crippen molar-refractivity contribution in [2.45, 2.75) is 18.9 Å². The second kappa shape index (κ2) is 5.26. The number of hydrogen-bond donors (Lipinski definition) is 1. The van der Waals surface area contributed by atoms with Crippen LogP contribution in [-0.2, 0) is 5.60 Å². The van der Waals surface area contributed by atoms with E-state index < -0.39 is 5.60 Å². The van der Waals surface area contributed by atoms with Gasteiger partial charge in [-0.3, -0.25) is 4.98 Å². The molecule has 0 spiro atoms. The van der Waals surface area contributed by atoms with Crippen LogP contribution < -0.4 is 0 Å². The minimum Gasteiger partial charge on any atom is -0.380 e. The average molecular weight is 281 g/mol. The van der Waals surface area contributed by atoms with Crippen LogP contribution in [0.2, 0.25) is 0 Å². The Morgan fingerprint density at radius 2 is 1.86 bits per heavy atom. The highest BCUT2D eigenvalue weighted by Gasteiger charge is 2.31. The van der Waals surface area contributed by atoms with Gasteiger partial charge in [-0.2, -0.15) is 0 Å². The molecule has 1 atom stereocenters. The molecule has 0 aliphatic carbocycles. The second-order valence-corrected chi connectivity index (χ2v) is 5.10. The van der Waals surface area contributed by atoms with Crippen LogP contribution in [0, 0.1) is 5.82 Å². The van der Waals surface area contributed by atoms with Gasteiger partial charge < -0.3 is 5.11 Å². The van der Waals surface area contributed by atoms with E-state index in [2.05, 4.69) is 4.98 Å². The Bertz CT molecular complexity index is 782. The summed E-state index contributed by atoms with van der Waals surface area (Å²) in [5, 5.41) is 12.1. The third-order valence-corrected chi connectivity index (χ3v) is 3.89. The average Bonchev–Trinajstić information content (AvgIpc) is 2.53. The molecule has 3 heteroatoms. The van der Waals surface area contributed by atoms with Crippen molar-refractivity contribution >= 4 is 10.9 Å². The van der Waals surface area contributed by atoms with Crippen LogP contribution in [0.4, 0.5) is 4.39 Å².